The highest BCUT2D eigenvalue weighted by atomic mass is 15.2. The smallest absolute Gasteiger partial charge is 0.0261 e. The van der Waals surface area contributed by atoms with E-state index < -0.39 is 0 Å². The van der Waals surface area contributed by atoms with Gasteiger partial charge in [0, 0.05) is 12.1 Å². The Balaban J connectivity index is 2.55. The van der Waals surface area contributed by atoms with E-state index in [1.54, 1.807) is 0 Å². The van der Waals surface area contributed by atoms with E-state index in [0.29, 0.717) is 6.04 Å². The monoisotopic (exact) mass is 139 g/mol. The van der Waals surface area contributed by atoms with E-state index in [0.717, 1.165) is 6.04 Å². The van der Waals surface area contributed by atoms with Crippen molar-refractivity contribution in [3.8, 4) is 0 Å². The van der Waals surface area contributed by atoms with Crippen LogP contribution in [0, 0.1) is 0 Å². The Morgan fingerprint density at radius 3 is 2.60 bits per heavy atom. The van der Waals surface area contributed by atoms with Gasteiger partial charge in [0.05, 0.1) is 0 Å². The number of rotatable bonds is 1. The van der Waals surface area contributed by atoms with E-state index in [1.807, 2.05) is 0 Å². The molecular formula is C9H17N. The highest BCUT2D eigenvalue weighted by Gasteiger charge is 2.14. The van der Waals surface area contributed by atoms with Crippen LogP contribution in [-0.4, -0.2) is 17.0 Å². The van der Waals surface area contributed by atoms with Gasteiger partial charge in [0.1, 0.15) is 0 Å². The molecule has 58 valence electrons. The van der Waals surface area contributed by atoms with Crippen LogP contribution < -0.4 is 0 Å². The highest BCUT2D eigenvalue weighted by molar-refractivity contribution is 4.93. The van der Waals surface area contributed by atoms with Crippen LogP contribution >= 0.6 is 0 Å². The Labute approximate surface area is 63.7 Å². The van der Waals surface area contributed by atoms with Gasteiger partial charge in [-0.25, -0.2) is 0 Å². The maximum atomic E-state index is 2.42. The summed E-state index contributed by atoms with van der Waals surface area (Å²) in [5.74, 6) is 0. The standard InChI is InChI=1S/C9H17N/c1-8(2)10-7-5-4-6-9(10)3/h5,7-9H,4,6H2,1-3H3. The molecule has 0 saturated heterocycles. The van der Waals surface area contributed by atoms with Crippen LogP contribution in [0.2, 0.25) is 0 Å². The molecule has 0 aromatic carbocycles. The van der Waals surface area contributed by atoms with Crippen molar-refractivity contribution < 1.29 is 0 Å². The third kappa shape index (κ3) is 1.53. The van der Waals surface area contributed by atoms with Gasteiger partial charge in [0.15, 0.2) is 0 Å². The molecule has 0 spiro atoms. The van der Waals surface area contributed by atoms with Gasteiger partial charge in [-0.15, -0.1) is 0 Å². The second-order valence-electron chi connectivity index (χ2n) is 3.35. The van der Waals surface area contributed by atoms with Crippen molar-refractivity contribution in [1.82, 2.24) is 4.90 Å². The summed E-state index contributed by atoms with van der Waals surface area (Å²) in [6.45, 7) is 6.78. The average molecular weight is 139 g/mol. The number of hydrogen-bond acceptors (Lipinski definition) is 1. The lowest BCUT2D eigenvalue weighted by atomic mass is 10.1. The maximum absolute atomic E-state index is 2.42. The second-order valence-corrected chi connectivity index (χ2v) is 3.35. The van der Waals surface area contributed by atoms with Crippen molar-refractivity contribution in [3.63, 3.8) is 0 Å². The largest absolute Gasteiger partial charge is 0.373 e. The molecule has 1 aliphatic heterocycles. The quantitative estimate of drug-likeness (QED) is 0.539. The van der Waals surface area contributed by atoms with Gasteiger partial charge >= 0.3 is 0 Å². The van der Waals surface area contributed by atoms with Crippen molar-refractivity contribution in [2.75, 3.05) is 0 Å². The first kappa shape index (κ1) is 7.64. The maximum Gasteiger partial charge on any atom is 0.0261 e. The van der Waals surface area contributed by atoms with Crippen molar-refractivity contribution in [2.24, 2.45) is 0 Å². The van der Waals surface area contributed by atoms with Gasteiger partial charge in [0.2, 0.25) is 0 Å². The molecular weight excluding hydrogens is 122 g/mol. The molecule has 0 N–H and O–H groups in total. The fourth-order valence-corrected chi connectivity index (χ4v) is 1.51. The number of nitrogens with zero attached hydrogens (tertiary/aromatic N) is 1. The fraction of sp³-hybridized carbons (Fsp3) is 0.778. The molecule has 1 rings (SSSR count). The molecule has 0 aromatic rings. The summed E-state index contributed by atoms with van der Waals surface area (Å²) >= 11 is 0. The SMILES string of the molecule is CC(C)N1C=CCCC1C. The minimum Gasteiger partial charge on any atom is -0.373 e. The summed E-state index contributed by atoms with van der Waals surface area (Å²) < 4.78 is 0. The van der Waals surface area contributed by atoms with Gasteiger partial charge in [-0.2, -0.15) is 0 Å². The molecule has 1 nitrogen and oxygen atoms in total. The Morgan fingerprint density at radius 1 is 1.50 bits per heavy atom. The van der Waals surface area contributed by atoms with Gasteiger partial charge < -0.3 is 4.90 Å². The summed E-state index contributed by atoms with van der Waals surface area (Å²) in [6, 6.07) is 1.40. The summed E-state index contributed by atoms with van der Waals surface area (Å²) in [5, 5.41) is 0. The Morgan fingerprint density at radius 2 is 2.20 bits per heavy atom. The first-order chi connectivity index (χ1) is 4.72. The summed E-state index contributed by atoms with van der Waals surface area (Å²) in [4.78, 5) is 2.42. The minimum absolute atomic E-state index is 0.659. The van der Waals surface area contributed by atoms with Gasteiger partial charge in [-0.05, 0) is 39.8 Å². The first-order valence-corrected chi connectivity index (χ1v) is 4.16. The Kier molecular flexibility index (Phi) is 2.36. The zero-order valence-corrected chi connectivity index (χ0v) is 7.17. The third-order valence-corrected chi connectivity index (χ3v) is 2.13. The lowest BCUT2D eigenvalue weighted by Crippen LogP contribution is -2.35. The van der Waals surface area contributed by atoms with Crippen LogP contribution in [0.4, 0.5) is 0 Å². The normalized spacial score (nSPS) is 26.0. The molecule has 0 aromatic heterocycles. The molecule has 1 heterocycles. The highest BCUT2D eigenvalue weighted by Crippen LogP contribution is 2.16. The van der Waals surface area contributed by atoms with Crippen LogP contribution in [0.1, 0.15) is 33.6 Å². The molecule has 0 radical (unpaired) electrons. The summed E-state index contributed by atoms with van der Waals surface area (Å²) in [5.41, 5.74) is 0. The lowest BCUT2D eigenvalue weighted by molar-refractivity contribution is 0.220. The van der Waals surface area contributed by atoms with E-state index in [4.69, 9.17) is 0 Å². The average Bonchev–Trinajstić information content (AvgIpc) is 1.88. The molecule has 0 fully saturated rings. The van der Waals surface area contributed by atoms with Crippen LogP contribution in [0.15, 0.2) is 12.3 Å². The molecule has 0 amide bonds. The van der Waals surface area contributed by atoms with Crippen LogP contribution in [0.5, 0.6) is 0 Å². The zero-order valence-electron chi connectivity index (χ0n) is 7.17. The molecule has 1 atom stereocenters. The summed E-state index contributed by atoms with van der Waals surface area (Å²) in [6.07, 6.45) is 7.07. The van der Waals surface area contributed by atoms with Gasteiger partial charge in [-0.1, -0.05) is 6.08 Å². The molecule has 0 bridgehead atoms. The number of hydrogen-bond donors (Lipinski definition) is 0. The predicted molar refractivity (Wildman–Crippen MR) is 44.8 cm³/mol. The van der Waals surface area contributed by atoms with E-state index in [-0.39, 0.29) is 0 Å². The van der Waals surface area contributed by atoms with Crippen molar-refractivity contribution in [3.05, 3.63) is 12.3 Å². The van der Waals surface area contributed by atoms with E-state index in [2.05, 4.69) is 37.9 Å². The Hall–Kier alpha value is -0.460. The van der Waals surface area contributed by atoms with E-state index >= 15 is 0 Å². The van der Waals surface area contributed by atoms with Crippen molar-refractivity contribution >= 4 is 0 Å². The molecule has 1 aliphatic rings. The van der Waals surface area contributed by atoms with Crippen molar-refractivity contribution in [1.29, 1.82) is 0 Å². The molecule has 1 unspecified atom stereocenters. The predicted octanol–water partition coefficient (Wildman–Crippen LogP) is 2.39. The minimum atomic E-state index is 0.659. The molecule has 0 saturated carbocycles. The molecule has 0 aliphatic carbocycles. The van der Waals surface area contributed by atoms with Crippen molar-refractivity contribution in [2.45, 2.75) is 45.7 Å². The van der Waals surface area contributed by atoms with E-state index in [9.17, 15) is 0 Å². The third-order valence-electron chi connectivity index (χ3n) is 2.13. The molecule has 1 heteroatoms. The van der Waals surface area contributed by atoms with E-state index in [1.165, 1.54) is 12.8 Å². The van der Waals surface area contributed by atoms with Crippen LogP contribution in [-0.2, 0) is 0 Å². The zero-order chi connectivity index (χ0) is 7.56. The van der Waals surface area contributed by atoms with Crippen LogP contribution in [0.25, 0.3) is 0 Å². The van der Waals surface area contributed by atoms with Gasteiger partial charge in [-0.3, -0.25) is 0 Å². The second kappa shape index (κ2) is 3.09. The summed E-state index contributed by atoms with van der Waals surface area (Å²) in [7, 11) is 0. The van der Waals surface area contributed by atoms with Gasteiger partial charge in [0.25, 0.3) is 0 Å². The Bertz CT molecular complexity index is 127. The fourth-order valence-electron chi connectivity index (χ4n) is 1.51. The number of allylic oxidation sites excluding steroid dienone is 1. The van der Waals surface area contributed by atoms with Crippen LogP contribution in [0.3, 0.4) is 0 Å². The first-order valence-electron chi connectivity index (χ1n) is 4.16. The lowest BCUT2D eigenvalue weighted by Gasteiger charge is -2.34. The molecule has 10 heavy (non-hydrogen) atoms. The topological polar surface area (TPSA) is 3.24 Å².